The van der Waals surface area contributed by atoms with Crippen LogP contribution in [0.25, 0.3) is 0 Å². The van der Waals surface area contributed by atoms with Crippen molar-refractivity contribution in [2.24, 2.45) is 0 Å². The van der Waals surface area contributed by atoms with E-state index in [0.29, 0.717) is 13.2 Å². The van der Waals surface area contributed by atoms with Crippen LogP contribution in [0, 0.1) is 0 Å². The van der Waals surface area contributed by atoms with Gasteiger partial charge in [0.15, 0.2) is 0 Å². The van der Waals surface area contributed by atoms with Gasteiger partial charge in [0.05, 0.1) is 25.2 Å². The van der Waals surface area contributed by atoms with Gasteiger partial charge < -0.3 is 25.3 Å². The summed E-state index contributed by atoms with van der Waals surface area (Å²) in [5.41, 5.74) is 6.68. The van der Waals surface area contributed by atoms with Crippen LogP contribution in [0.15, 0.2) is 23.3 Å². The Morgan fingerprint density at radius 3 is 2.65 bits per heavy atom. The normalized spacial score (nSPS) is 21.0. The van der Waals surface area contributed by atoms with Crippen molar-refractivity contribution in [3.8, 4) is 0 Å². The van der Waals surface area contributed by atoms with E-state index in [0.717, 1.165) is 56.4 Å². The first-order valence-electron chi connectivity index (χ1n) is 8.96. The molecule has 0 spiro atoms. The average molecular weight is 357 g/mol. The monoisotopic (exact) mass is 357 g/mol. The Hall–Kier alpha value is -2.68. The summed E-state index contributed by atoms with van der Waals surface area (Å²) >= 11 is 0. The Morgan fingerprint density at radius 1 is 1.12 bits per heavy atom. The van der Waals surface area contributed by atoms with Gasteiger partial charge in [0, 0.05) is 44.2 Å². The molecule has 3 N–H and O–H groups in total. The van der Waals surface area contributed by atoms with Crippen molar-refractivity contribution in [3.63, 3.8) is 0 Å². The van der Waals surface area contributed by atoms with Gasteiger partial charge >= 0.3 is 0 Å². The van der Waals surface area contributed by atoms with Gasteiger partial charge in [-0.3, -0.25) is 4.79 Å². The second kappa shape index (κ2) is 7.28. The minimum absolute atomic E-state index is 0.118. The van der Waals surface area contributed by atoms with Crippen molar-refractivity contribution in [1.82, 2.24) is 19.9 Å². The second-order valence-corrected chi connectivity index (χ2v) is 6.66. The van der Waals surface area contributed by atoms with E-state index in [2.05, 4.69) is 29.7 Å². The SMILES string of the molecule is Nc1nc(N2CCOCC2)cc(N2CCC[C@@H](c3cc(=O)[nH]cn3)C2)n1. The molecule has 0 aliphatic carbocycles. The number of rotatable bonds is 3. The molecule has 9 nitrogen and oxygen atoms in total. The molecule has 26 heavy (non-hydrogen) atoms. The van der Waals surface area contributed by atoms with Gasteiger partial charge in [-0.05, 0) is 12.8 Å². The fourth-order valence-corrected chi connectivity index (χ4v) is 3.59. The van der Waals surface area contributed by atoms with Crippen LogP contribution in [0.1, 0.15) is 24.5 Å². The Kier molecular flexibility index (Phi) is 4.70. The summed E-state index contributed by atoms with van der Waals surface area (Å²) in [4.78, 5) is 31.7. The number of hydrogen-bond donors (Lipinski definition) is 2. The number of nitrogen functional groups attached to an aromatic ring is 1. The predicted molar refractivity (Wildman–Crippen MR) is 98.5 cm³/mol. The largest absolute Gasteiger partial charge is 0.378 e. The summed E-state index contributed by atoms with van der Waals surface area (Å²) in [6.07, 6.45) is 3.48. The summed E-state index contributed by atoms with van der Waals surface area (Å²) in [5.74, 6) is 2.15. The molecular formula is C17H23N7O2. The zero-order chi connectivity index (χ0) is 17.9. The molecule has 4 rings (SSSR count). The maximum Gasteiger partial charge on any atom is 0.250 e. The van der Waals surface area contributed by atoms with Crippen molar-refractivity contribution in [3.05, 3.63) is 34.5 Å². The van der Waals surface area contributed by atoms with Crippen molar-refractivity contribution in [2.75, 3.05) is 54.9 Å². The number of aromatic amines is 1. The zero-order valence-corrected chi connectivity index (χ0v) is 14.6. The van der Waals surface area contributed by atoms with Crippen LogP contribution in [0.3, 0.4) is 0 Å². The molecule has 0 radical (unpaired) electrons. The summed E-state index contributed by atoms with van der Waals surface area (Å²) in [6.45, 7) is 4.65. The van der Waals surface area contributed by atoms with Crippen LogP contribution < -0.4 is 21.1 Å². The Balaban J connectivity index is 1.56. The van der Waals surface area contributed by atoms with Gasteiger partial charge in [0.25, 0.3) is 5.56 Å². The maximum absolute atomic E-state index is 11.6. The first-order valence-corrected chi connectivity index (χ1v) is 8.96. The van der Waals surface area contributed by atoms with Gasteiger partial charge in [0.1, 0.15) is 11.6 Å². The van der Waals surface area contributed by atoms with Crippen LogP contribution in [-0.2, 0) is 4.74 Å². The Morgan fingerprint density at radius 2 is 1.88 bits per heavy atom. The Labute approximate surface area is 151 Å². The summed E-state index contributed by atoms with van der Waals surface area (Å²) in [6, 6.07) is 3.58. The molecule has 4 heterocycles. The van der Waals surface area contributed by atoms with Crippen LogP contribution in [0.2, 0.25) is 0 Å². The highest BCUT2D eigenvalue weighted by Crippen LogP contribution is 2.29. The molecule has 2 fully saturated rings. The van der Waals surface area contributed by atoms with Crippen molar-refractivity contribution in [1.29, 1.82) is 0 Å². The van der Waals surface area contributed by atoms with E-state index in [1.807, 2.05) is 6.07 Å². The zero-order valence-electron chi connectivity index (χ0n) is 14.6. The van der Waals surface area contributed by atoms with E-state index in [-0.39, 0.29) is 17.4 Å². The molecule has 138 valence electrons. The highest BCUT2D eigenvalue weighted by Gasteiger charge is 2.25. The highest BCUT2D eigenvalue weighted by atomic mass is 16.5. The first kappa shape index (κ1) is 16.8. The fraction of sp³-hybridized carbons (Fsp3) is 0.529. The van der Waals surface area contributed by atoms with Crippen LogP contribution in [0.4, 0.5) is 17.6 Å². The number of nitrogens with one attached hydrogen (secondary N) is 1. The lowest BCUT2D eigenvalue weighted by Crippen LogP contribution is -2.38. The summed E-state index contributed by atoms with van der Waals surface area (Å²) in [5, 5.41) is 0. The molecule has 0 aromatic carbocycles. The number of H-pyrrole nitrogens is 1. The number of morpholine rings is 1. The van der Waals surface area contributed by atoms with Gasteiger partial charge in [-0.15, -0.1) is 0 Å². The third-order valence-corrected chi connectivity index (χ3v) is 4.91. The van der Waals surface area contributed by atoms with Crippen LogP contribution in [0.5, 0.6) is 0 Å². The molecule has 1 atom stereocenters. The number of nitrogens with two attached hydrogens (primary N) is 1. The standard InChI is InChI=1S/C17H23N7O2/c18-17-21-14(23-4-6-26-7-5-23)9-15(22-17)24-3-1-2-12(10-24)13-8-16(25)20-11-19-13/h8-9,11-12H,1-7,10H2,(H2,18,21,22)(H,19,20,25)/t12-/m1/s1. The Bertz CT molecular complexity index is 819. The topological polar surface area (TPSA) is 113 Å². The summed E-state index contributed by atoms with van der Waals surface area (Å²) in [7, 11) is 0. The quantitative estimate of drug-likeness (QED) is 0.810. The molecule has 9 heteroatoms. The minimum atomic E-state index is -0.118. The van der Waals surface area contributed by atoms with E-state index in [1.54, 1.807) is 6.07 Å². The lowest BCUT2D eigenvalue weighted by Gasteiger charge is -2.34. The number of piperidine rings is 1. The number of ether oxygens (including phenoxy) is 1. The molecule has 0 bridgehead atoms. The van der Waals surface area contributed by atoms with Gasteiger partial charge in [-0.25, -0.2) is 4.98 Å². The van der Waals surface area contributed by atoms with Crippen molar-refractivity contribution >= 4 is 17.6 Å². The minimum Gasteiger partial charge on any atom is -0.378 e. The number of anilines is 3. The number of aromatic nitrogens is 4. The fourth-order valence-electron chi connectivity index (χ4n) is 3.59. The molecule has 2 aromatic rings. The van der Waals surface area contributed by atoms with E-state index < -0.39 is 0 Å². The molecule has 2 aliphatic heterocycles. The lowest BCUT2D eigenvalue weighted by atomic mass is 9.94. The van der Waals surface area contributed by atoms with Crippen molar-refractivity contribution < 1.29 is 4.74 Å². The van der Waals surface area contributed by atoms with E-state index >= 15 is 0 Å². The van der Waals surface area contributed by atoms with Gasteiger partial charge in [-0.2, -0.15) is 9.97 Å². The van der Waals surface area contributed by atoms with Crippen LogP contribution >= 0.6 is 0 Å². The molecule has 0 unspecified atom stereocenters. The third-order valence-electron chi connectivity index (χ3n) is 4.91. The lowest BCUT2D eigenvalue weighted by molar-refractivity contribution is 0.122. The predicted octanol–water partition coefficient (Wildman–Crippen LogP) is 0.363. The highest BCUT2D eigenvalue weighted by molar-refractivity contribution is 5.54. The molecule has 2 aliphatic rings. The summed E-state index contributed by atoms with van der Waals surface area (Å²) < 4.78 is 5.41. The molecular weight excluding hydrogens is 334 g/mol. The van der Waals surface area contributed by atoms with E-state index in [1.165, 1.54) is 6.33 Å². The van der Waals surface area contributed by atoms with E-state index in [9.17, 15) is 4.79 Å². The molecule has 2 saturated heterocycles. The third kappa shape index (κ3) is 3.62. The number of hydrogen-bond acceptors (Lipinski definition) is 8. The second-order valence-electron chi connectivity index (χ2n) is 6.66. The van der Waals surface area contributed by atoms with Gasteiger partial charge in [0.2, 0.25) is 5.95 Å². The molecule has 0 amide bonds. The van der Waals surface area contributed by atoms with Crippen LogP contribution in [-0.4, -0.2) is 59.3 Å². The first-order chi connectivity index (χ1) is 12.7. The molecule has 2 aromatic heterocycles. The smallest absolute Gasteiger partial charge is 0.250 e. The van der Waals surface area contributed by atoms with Crippen molar-refractivity contribution in [2.45, 2.75) is 18.8 Å². The number of nitrogens with zero attached hydrogens (tertiary/aromatic N) is 5. The van der Waals surface area contributed by atoms with Gasteiger partial charge in [-0.1, -0.05) is 0 Å². The average Bonchev–Trinajstić information content (AvgIpc) is 2.68. The maximum atomic E-state index is 11.6. The molecule has 0 saturated carbocycles. The van der Waals surface area contributed by atoms with E-state index in [4.69, 9.17) is 10.5 Å².